The monoisotopic (exact) mass is 517 g/mol. The molecule has 1 aliphatic carbocycles. The highest BCUT2D eigenvalue weighted by atomic mass is 35.5. The number of hydrogen-bond acceptors (Lipinski definition) is 3. The number of amides is 1. The molecule has 2 N–H and O–H groups in total. The van der Waals surface area contributed by atoms with E-state index in [0.717, 1.165) is 11.7 Å². The van der Waals surface area contributed by atoms with Gasteiger partial charge in [-0.25, -0.2) is 4.68 Å². The van der Waals surface area contributed by atoms with E-state index in [1.54, 1.807) is 6.07 Å². The molecule has 2 heterocycles. The fourth-order valence-electron chi connectivity index (χ4n) is 3.74. The number of nitrogens with two attached hydrogens (primary N) is 1. The van der Waals surface area contributed by atoms with Gasteiger partial charge in [-0.3, -0.25) is 4.79 Å². The summed E-state index contributed by atoms with van der Waals surface area (Å²) in [5, 5.41) is 13.3. The quantitative estimate of drug-likeness (QED) is 0.453. The summed E-state index contributed by atoms with van der Waals surface area (Å²) in [6, 6.07) is 5.70. The summed E-state index contributed by atoms with van der Waals surface area (Å²) in [4.78, 5) is 11.9. The largest absolute Gasteiger partial charge is 0.459 e. The normalized spacial score (nSPS) is 15.3. The predicted molar refractivity (Wildman–Crippen MR) is 113 cm³/mol. The lowest BCUT2D eigenvalue weighted by atomic mass is 9.91. The standard InChI is InChI=1S/C21H14Cl2F5N5O/c1-32-15(20(24,25)21(26,27)28)6-14(22)18(32)33-8-11(7-31-33)10-4-12(17(30)34)16(23)13(5-10)19(9-29)2-3-19/h4-8H,2-3H2,1H3,(H2,30,34). The Morgan fingerprint density at radius 1 is 1.18 bits per heavy atom. The average Bonchev–Trinajstić information content (AvgIpc) is 3.29. The third-order valence-electron chi connectivity index (χ3n) is 5.78. The van der Waals surface area contributed by atoms with Gasteiger partial charge in [0.05, 0.1) is 33.3 Å². The average molecular weight is 518 g/mol. The van der Waals surface area contributed by atoms with Crippen molar-refractivity contribution in [1.29, 1.82) is 5.26 Å². The molecular weight excluding hydrogens is 504 g/mol. The summed E-state index contributed by atoms with van der Waals surface area (Å²) in [6.45, 7) is 0. The van der Waals surface area contributed by atoms with Crippen LogP contribution in [0.4, 0.5) is 22.0 Å². The first kappa shape index (κ1) is 24.0. The molecule has 0 bridgehead atoms. The maximum Gasteiger partial charge on any atom is 0.459 e. The minimum atomic E-state index is -5.82. The van der Waals surface area contributed by atoms with Crippen LogP contribution in [0.1, 0.15) is 34.5 Å². The van der Waals surface area contributed by atoms with Crippen LogP contribution in [-0.4, -0.2) is 26.4 Å². The van der Waals surface area contributed by atoms with Gasteiger partial charge in [0.15, 0.2) is 5.82 Å². The molecule has 34 heavy (non-hydrogen) atoms. The van der Waals surface area contributed by atoms with Gasteiger partial charge in [0.25, 0.3) is 0 Å². The van der Waals surface area contributed by atoms with E-state index in [-0.39, 0.29) is 21.4 Å². The molecule has 1 amide bonds. The van der Waals surface area contributed by atoms with Crippen molar-refractivity contribution >= 4 is 29.1 Å². The molecule has 0 atom stereocenters. The number of primary amides is 1. The predicted octanol–water partition coefficient (Wildman–Crippen LogP) is 5.49. The maximum absolute atomic E-state index is 13.9. The molecule has 4 rings (SSSR count). The number of halogens is 7. The number of carbonyl (C=O) groups is 1. The van der Waals surface area contributed by atoms with Gasteiger partial charge in [0.1, 0.15) is 5.69 Å². The SMILES string of the molecule is Cn1c(C(F)(F)C(F)(F)F)cc(Cl)c1-n1cc(-c2cc(C(N)=O)c(Cl)c(C3(C#N)CC3)c2)cn1. The Balaban J connectivity index is 1.82. The molecule has 0 unspecified atom stereocenters. The number of hydrogen-bond donors (Lipinski definition) is 1. The van der Waals surface area contributed by atoms with E-state index in [9.17, 15) is 32.0 Å². The molecule has 0 saturated heterocycles. The van der Waals surface area contributed by atoms with Crippen LogP contribution >= 0.6 is 23.2 Å². The highest BCUT2D eigenvalue weighted by Crippen LogP contribution is 2.51. The summed E-state index contributed by atoms with van der Waals surface area (Å²) < 4.78 is 68.1. The van der Waals surface area contributed by atoms with Crippen molar-refractivity contribution in [2.75, 3.05) is 0 Å². The van der Waals surface area contributed by atoms with Crippen molar-refractivity contribution in [1.82, 2.24) is 14.3 Å². The fourth-order valence-corrected chi connectivity index (χ4v) is 4.44. The van der Waals surface area contributed by atoms with Gasteiger partial charge >= 0.3 is 12.1 Å². The van der Waals surface area contributed by atoms with Crippen LogP contribution in [-0.2, 0) is 18.4 Å². The van der Waals surface area contributed by atoms with Crippen LogP contribution in [0.3, 0.4) is 0 Å². The van der Waals surface area contributed by atoms with Crippen LogP contribution in [0.5, 0.6) is 0 Å². The Kier molecular flexibility index (Phi) is 5.45. The van der Waals surface area contributed by atoms with Crippen LogP contribution in [0.2, 0.25) is 10.0 Å². The zero-order valence-corrected chi connectivity index (χ0v) is 18.7. The topological polar surface area (TPSA) is 89.6 Å². The third-order valence-corrected chi connectivity index (χ3v) is 6.47. The van der Waals surface area contributed by atoms with Gasteiger partial charge in [-0.15, -0.1) is 0 Å². The van der Waals surface area contributed by atoms with Gasteiger partial charge in [-0.2, -0.15) is 32.3 Å². The van der Waals surface area contributed by atoms with Gasteiger partial charge in [-0.1, -0.05) is 23.2 Å². The van der Waals surface area contributed by atoms with E-state index < -0.39 is 29.1 Å². The Labute approximate surface area is 199 Å². The number of rotatable bonds is 5. The summed E-state index contributed by atoms with van der Waals surface area (Å²) in [5.41, 5.74) is 4.38. The molecule has 6 nitrogen and oxygen atoms in total. The second kappa shape index (κ2) is 7.71. The van der Waals surface area contributed by atoms with Gasteiger partial charge < -0.3 is 10.3 Å². The smallest absolute Gasteiger partial charge is 0.366 e. The Hall–Kier alpha value is -3.10. The first-order valence-electron chi connectivity index (χ1n) is 9.64. The van der Waals surface area contributed by atoms with Gasteiger partial charge in [0, 0.05) is 18.8 Å². The maximum atomic E-state index is 13.9. The van der Waals surface area contributed by atoms with E-state index in [2.05, 4.69) is 11.2 Å². The molecule has 2 aromatic heterocycles. The molecule has 1 saturated carbocycles. The second-order valence-corrected chi connectivity index (χ2v) is 8.73. The van der Waals surface area contributed by atoms with Crippen molar-refractivity contribution < 1.29 is 26.7 Å². The zero-order valence-electron chi connectivity index (χ0n) is 17.2. The van der Waals surface area contributed by atoms with Crippen molar-refractivity contribution in [3.05, 3.63) is 57.5 Å². The van der Waals surface area contributed by atoms with Crippen molar-refractivity contribution in [3.63, 3.8) is 0 Å². The lowest BCUT2D eigenvalue weighted by Crippen LogP contribution is -2.35. The molecule has 1 fully saturated rings. The fraction of sp³-hybridized carbons (Fsp3) is 0.286. The van der Waals surface area contributed by atoms with Crippen molar-refractivity contribution in [3.8, 4) is 23.0 Å². The summed E-state index contributed by atoms with van der Waals surface area (Å²) in [7, 11) is 1.01. The van der Waals surface area contributed by atoms with Crippen molar-refractivity contribution in [2.24, 2.45) is 12.8 Å². The minimum absolute atomic E-state index is 0.0209. The van der Waals surface area contributed by atoms with Crippen LogP contribution in [0.25, 0.3) is 16.9 Å². The number of aromatic nitrogens is 3. The molecule has 0 spiro atoms. The number of alkyl halides is 5. The Morgan fingerprint density at radius 3 is 2.35 bits per heavy atom. The summed E-state index contributed by atoms with van der Waals surface area (Å²) in [6.07, 6.45) is -2.10. The lowest BCUT2D eigenvalue weighted by molar-refractivity contribution is -0.291. The zero-order chi connectivity index (χ0) is 25.2. The van der Waals surface area contributed by atoms with E-state index in [1.165, 1.54) is 18.5 Å². The van der Waals surface area contributed by atoms with E-state index >= 15 is 0 Å². The Morgan fingerprint density at radius 2 is 1.82 bits per heavy atom. The number of nitrogens with zero attached hydrogens (tertiary/aromatic N) is 4. The minimum Gasteiger partial charge on any atom is -0.366 e. The van der Waals surface area contributed by atoms with E-state index in [1.807, 2.05) is 0 Å². The highest BCUT2D eigenvalue weighted by molar-refractivity contribution is 6.35. The van der Waals surface area contributed by atoms with E-state index in [0.29, 0.717) is 40.2 Å². The molecule has 13 heteroatoms. The van der Waals surface area contributed by atoms with Gasteiger partial charge in [0.2, 0.25) is 5.91 Å². The molecule has 1 aliphatic rings. The molecule has 3 aromatic rings. The molecule has 178 valence electrons. The first-order valence-corrected chi connectivity index (χ1v) is 10.4. The molecule has 0 radical (unpaired) electrons. The van der Waals surface area contributed by atoms with Gasteiger partial charge in [-0.05, 0) is 42.2 Å². The third kappa shape index (κ3) is 3.61. The van der Waals surface area contributed by atoms with Crippen molar-refractivity contribution in [2.45, 2.75) is 30.4 Å². The molecule has 1 aromatic carbocycles. The Bertz CT molecular complexity index is 1370. The summed E-state index contributed by atoms with van der Waals surface area (Å²) >= 11 is 12.3. The van der Waals surface area contributed by atoms with Crippen LogP contribution in [0.15, 0.2) is 30.6 Å². The lowest BCUT2D eigenvalue weighted by Gasteiger charge is -2.20. The van der Waals surface area contributed by atoms with Crippen LogP contribution < -0.4 is 5.73 Å². The first-order chi connectivity index (χ1) is 15.7. The number of carbonyl (C=O) groups excluding carboxylic acids is 1. The number of benzene rings is 1. The second-order valence-electron chi connectivity index (χ2n) is 7.95. The number of nitriles is 1. The summed E-state index contributed by atoms with van der Waals surface area (Å²) in [5.74, 6) is -6.19. The highest BCUT2D eigenvalue weighted by Gasteiger charge is 2.60. The van der Waals surface area contributed by atoms with E-state index in [4.69, 9.17) is 28.9 Å². The molecular formula is C21H14Cl2F5N5O. The van der Waals surface area contributed by atoms with Crippen LogP contribution in [0, 0.1) is 11.3 Å². The molecule has 0 aliphatic heterocycles.